The summed E-state index contributed by atoms with van der Waals surface area (Å²) in [6.07, 6.45) is 2.56. The Morgan fingerprint density at radius 2 is 1.94 bits per heavy atom. The van der Waals surface area contributed by atoms with Gasteiger partial charge < -0.3 is 0 Å². The fraction of sp³-hybridized carbons (Fsp3) is 0.0769. The molecule has 0 atom stereocenters. The van der Waals surface area contributed by atoms with Crippen molar-refractivity contribution in [2.75, 3.05) is 0 Å². The van der Waals surface area contributed by atoms with E-state index in [1.165, 1.54) is 0 Å². The first-order chi connectivity index (χ1) is 7.79. The molecule has 0 bridgehead atoms. The maximum atomic E-state index is 6.87. The number of benzene rings is 1. The molecule has 16 heavy (non-hydrogen) atoms. The van der Waals surface area contributed by atoms with Crippen LogP contribution >= 0.6 is 15.9 Å². The molecule has 1 aromatic carbocycles. The highest BCUT2D eigenvalue weighted by atomic mass is 79.9. The standard InChI is InChI=1S/C13H9BrN2/c1-15-11-6-4-10(5-7-11)9-13-12(14)3-2-8-16-13/h2-8H,9H2. The maximum Gasteiger partial charge on any atom is 0.187 e. The molecular formula is C13H9BrN2. The minimum absolute atomic E-state index is 0.670. The molecule has 0 radical (unpaired) electrons. The van der Waals surface area contributed by atoms with Crippen molar-refractivity contribution in [1.29, 1.82) is 0 Å². The van der Waals surface area contributed by atoms with Gasteiger partial charge in [0.25, 0.3) is 0 Å². The fourth-order valence-corrected chi connectivity index (χ4v) is 1.83. The number of rotatable bonds is 2. The van der Waals surface area contributed by atoms with Crippen LogP contribution in [-0.2, 0) is 6.42 Å². The summed E-state index contributed by atoms with van der Waals surface area (Å²) >= 11 is 3.47. The zero-order valence-electron chi connectivity index (χ0n) is 8.52. The molecule has 78 valence electrons. The normalized spacial score (nSPS) is 9.75. The number of halogens is 1. The van der Waals surface area contributed by atoms with Gasteiger partial charge in [0.2, 0.25) is 0 Å². The van der Waals surface area contributed by atoms with Gasteiger partial charge in [0.05, 0.1) is 12.3 Å². The number of nitrogens with zero attached hydrogens (tertiary/aromatic N) is 2. The molecule has 1 aromatic heterocycles. The largest absolute Gasteiger partial charge is 0.260 e. The number of hydrogen-bond acceptors (Lipinski definition) is 1. The third-order valence-corrected chi connectivity index (χ3v) is 2.99. The molecule has 0 saturated heterocycles. The summed E-state index contributed by atoms with van der Waals surface area (Å²) in [5.41, 5.74) is 2.84. The van der Waals surface area contributed by atoms with Crippen molar-refractivity contribution in [3.05, 3.63) is 69.7 Å². The van der Waals surface area contributed by atoms with Gasteiger partial charge in [-0.2, -0.15) is 0 Å². The molecule has 0 N–H and O–H groups in total. The topological polar surface area (TPSA) is 17.2 Å². The Morgan fingerprint density at radius 3 is 2.56 bits per heavy atom. The van der Waals surface area contributed by atoms with E-state index >= 15 is 0 Å². The minimum atomic E-state index is 0.670. The zero-order chi connectivity index (χ0) is 11.4. The van der Waals surface area contributed by atoms with Gasteiger partial charge in [0.1, 0.15) is 0 Å². The van der Waals surface area contributed by atoms with E-state index in [-0.39, 0.29) is 0 Å². The summed E-state index contributed by atoms with van der Waals surface area (Å²) in [5, 5.41) is 0. The maximum absolute atomic E-state index is 6.87. The van der Waals surface area contributed by atoms with Crippen LogP contribution in [0.3, 0.4) is 0 Å². The van der Waals surface area contributed by atoms with Crippen molar-refractivity contribution in [3.8, 4) is 0 Å². The van der Waals surface area contributed by atoms with Crippen molar-refractivity contribution in [1.82, 2.24) is 4.98 Å². The van der Waals surface area contributed by atoms with Crippen LogP contribution in [0.2, 0.25) is 0 Å². The lowest BCUT2D eigenvalue weighted by molar-refractivity contribution is 1.06. The Kier molecular flexibility index (Phi) is 3.33. The van der Waals surface area contributed by atoms with Crippen molar-refractivity contribution in [3.63, 3.8) is 0 Å². The first-order valence-corrected chi connectivity index (χ1v) is 5.64. The predicted molar refractivity (Wildman–Crippen MR) is 67.4 cm³/mol. The molecule has 2 nitrogen and oxygen atoms in total. The molecule has 0 spiro atoms. The molecule has 2 aromatic rings. The average Bonchev–Trinajstić information content (AvgIpc) is 2.33. The molecule has 0 aliphatic rings. The van der Waals surface area contributed by atoms with E-state index in [1.54, 1.807) is 6.20 Å². The van der Waals surface area contributed by atoms with Crippen molar-refractivity contribution in [2.24, 2.45) is 0 Å². The van der Waals surface area contributed by atoms with Crippen LogP contribution in [0, 0.1) is 6.57 Å². The molecule has 0 amide bonds. The highest BCUT2D eigenvalue weighted by Crippen LogP contribution is 2.19. The number of aromatic nitrogens is 1. The number of hydrogen-bond donors (Lipinski definition) is 0. The monoisotopic (exact) mass is 272 g/mol. The van der Waals surface area contributed by atoms with Crippen LogP contribution in [0.1, 0.15) is 11.3 Å². The van der Waals surface area contributed by atoms with Crippen molar-refractivity contribution >= 4 is 21.6 Å². The average molecular weight is 273 g/mol. The van der Waals surface area contributed by atoms with Crippen LogP contribution < -0.4 is 0 Å². The molecular weight excluding hydrogens is 264 g/mol. The molecule has 0 aliphatic carbocycles. The summed E-state index contributed by atoms with van der Waals surface area (Å²) in [5.74, 6) is 0. The summed E-state index contributed by atoms with van der Waals surface area (Å²) in [6.45, 7) is 6.87. The second-order valence-corrected chi connectivity index (χ2v) is 4.24. The predicted octanol–water partition coefficient (Wildman–Crippen LogP) is 3.99. The molecule has 1 heterocycles. The smallest absolute Gasteiger partial charge is 0.187 e. The molecule has 3 heteroatoms. The number of pyridine rings is 1. The first kappa shape index (κ1) is 10.8. The quantitative estimate of drug-likeness (QED) is 0.756. The van der Waals surface area contributed by atoms with E-state index in [0.717, 1.165) is 22.2 Å². The van der Waals surface area contributed by atoms with Crippen LogP contribution in [0.4, 0.5) is 5.69 Å². The second kappa shape index (κ2) is 4.91. The fourth-order valence-electron chi connectivity index (χ4n) is 1.43. The lowest BCUT2D eigenvalue weighted by atomic mass is 10.1. The van der Waals surface area contributed by atoms with Gasteiger partial charge in [-0.15, -0.1) is 0 Å². The van der Waals surface area contributed by atoms with Gasteiger partial charge in [0.15, 0.2) is 5.69 Å². The van der Waals surface area contributed by atoms with Crippen LogP contribution in [0.25, 0.3) is 4.85 Å². The Labute approximate surface area is 103 Å². The zero-order valence-corrected chi connectivity index (χ0v) is 10.1. The Hall–Kier alpha value is -1.66. The van der Waals surface area contributed by atoms with E-state index in [9.17, 15) is 0 Å². The summed E-state index contributed by atoms with van der Waals surface area (Å²) < 4.78 is 1.02. The Morgan fingerprint density at radius 1 is 1.19 bits per heavy atom. The Bertz CT molecular complexity index is 526. The van der Waals surface area contributed by atoms with Gasteiger partial charge in [-0.05, 0) is 33.6 Å². The van der Waals surface area contributed by atoms with Gasteiger partial charge in [0, 0.05) is 17.1 Å². The van der Waals surface area contributed by atoms with Gasteiger partial charge in [-0.1, -0.05) is 24.3 Å². The summed E-state index contributed by atoms with van der Waals surface area (Å²) in [4.78, 5) is 7.67. The SMILES string of the molecule is [C-]#[N+]c1ccc(Cc2ncccc2Br)cc1. The third-order valence-electron chi connectivity index (χ3n) is 2.27. The minimum Gasteiger partial charge on any atom is -0.260 e. The lowest BCUT2D eigenvalue weighted by Gasteiger charge is -2.03. The summed E-state index contributed by atoms with van der Waals surface area (Å²) in [6, 6.07) is 11.5. The van der Waals surface area contributed by atoms with E-state index < -0.39 is 0 Å². The highest BCUT2D eigenvalue weighted by molar-refractivity contribution is 9.10. The van der Waals surface area contributed by atoms with E-state index in [1.807, 2.05) is 36.4 Å². The van der Waals surface area contributed by atoms with E-state index in [0.29, 0.717) is 5.69 Å². The Balaban J connectivity index is 2.22. The van der Waals surface area contributed by atoms with Crippen LogP contribution in [0.15, 0.2) is 47.1 Å². The first-order valence-electron chi connectivity index (χ1n) is 4.85. The molecule has 0 fully saturated rings. The van der Waals surface area contributed by atoms with Crippen LogP contribution in [0.5, 0.6) is 0 Å². The van der Waals surface area contributed by atoms with Gasteiger partial charge >= 0.3 is 0 Å². The molecule has 0 aliphatic heterocycles. The highest BCUT2D eigenvalue weighted by Gasteiger charge is 2.01. The van der Waals surface area contributed by atoms with Crippen molar-refractivity contribution < 1.29 is 0 Å². The van der Waals surface area contributed by atoms with Crippen LogP contribution in [-0.4, -0.2) is 4.98 Å². The third kappa shape index (κ3) is 2.47. The van der Waals surface area contributed by atoms with E-state index in [4.69, 9.17) is 6.57 Å². The summed E-state index contributed by atoms with van der Waals surface area (Å²) in [7, 11) is 0. The molecule has 2 rings (SSSR count). The van der Waals surface area contributed by atoms with Gasteiger partial charge in [-0.3, -0.25) is 4.98 Å². The molecule has 0 saturated carbocycles. The van der Waals surface area contributed by atoms with Crippen molar-refractivity contribution in [2.45, 2.75) is 6.42 Å². The molecule has 0 unspecified atom stereocenters. The lowest BCUT2D eigenvalue weighted by Crippen LogP contribution is -1.92. The second-order valence-electron chi connectivity index (χ2n) is 3.39. The van der Waals surface area contributed by atoms with Gasteiger partial charge in [-0.25, -0.2) is 4.85 Å². The van der Waals surface area contributed by atoms with E-state index in [2.05, 4.69) is 25.8 Å².